The molecule has 15 heteroatoms. The fourth-order valence-electron chi connectivity index (χ4n) is 7.59. The molecular weight excluding hydrogens is 931 g/mol. The zero-order valence-electron chi connectivity index (χ0n) is 35.6. The number of esters is 2. The van der Waals surface area contributed by atoms with E-state index < -0.39 is 17.4 Å². The molecule has 1 aliphatic rings. The molecule has 0 amide bonds. The summed E-state index contributed by atoms with van der Waals surface area (Å²) < 4.78 is 31.3. The Morgan fingerprint density at radius 1 is 0.692 bits per heavy atom. The highest BCUT2D eigenvalue weighted by atomic mass is 32.1. The van der Waals surface area contributed by atoms with Crippen LogP contribution in [0.4, 0.5) is 5.00 Å². The van der Waals surface area contributed by atoms with E-state index in [1.807, 2.05) is 113 Å². The molecular formula is C50H39N3O6S6. The van der Waals surface area contributed by atoms with Gasteiger partial charge in [0, 0.05) is 31.7 Å². The van der Waals surface area contributed by atoms with Crippen molar-refractivity contribution in [3.63, 3.8) is 0 Å². The SMILES string of the molecule is CCCOc1cc(C=C(C)C)sc1C1=Cc2sc3c(sc4c5sc(-c6sc(N=C(C#N)C#N)cc6OCCC)cc5sc34)c2C1(C(=O)OCc1ccccc1)C(=O)OCc1ccccc1. The molecule has 0 atom stereocenters. The maximum Gasteiger partial charge on any atom is 0.333 e. The van der Waals surface area contributed by atoms with E-state index >= 15 is 9.59 Å². The van der Waals surface area contributed by atoms with E-state index in [1.54, 1.807) is 51.4 Å². The number of nitrogens with zero attached hydrogens (tertiary/aromatic N) is 3. The lowest BCUT2D eigenvalue weighted by molar-refractivity contribution is -0.163. The summed E-state index contributed by atoms with van der Waals surface area (Å²) in [5.41, 5.74) is 1.51. The lowest BCUT2D eigenvalue weighted by Gasteiger charge is -2.29. The van der Waals surface area contributed by atoms with Crippen LogP contribution in [0.2, 0.25) is 0 Å². The van der Waals surface area contributed by atoms with Gasteiger partial charge in [-0.05, 0) is 62.1 Å². The fraction of sp³-hybridized carbons (Fsp3) is 0.220. The van der Waals surface area contributed by atoms with E-state index in [0.29, 0.717) is 45.7 Å². The molecule has 6 aromatic heterocycles. The van der Waals surface area contributed by atoms with E-state index in [-0.39, 0.29) is 18.9 Å². The van der Waals surface area contributed by atoms with Crippen LogP contribution >= 0.6 is 68.0 Å². The Morgan fingerprint density at radius 2 is 1.29 bits per heavy atom. The molecule has 6 heterocycles. The predicted octanol–water partition coefficient (Wildman–Crippen LogP) is 14.6. The molecule has 0 saturated heterocycles. The van der Waals surface area contributed by atoms with Crippen molar-refractivity contribution in [2.45, 2.75) is 59.2 Å². The summed E-state index contributed by atoms with van der Waals surface area (Å²) >= 11 is 9.30. The summed E-state index contributed by atoms with van der Waals surface area (Å²) in [6, 6.07) is 28.6. The van der Waals surface area contributed by atoms with E-state index in [9.17, 15) is 10.5 Å². The smallest absolute Gasteiger partial charge is 0.333 e. The topological polar surface area (TPSA) is 131 Å². The van der Waals surface area contributed by atoms with Gasteiger partial charge in [0.1, 0.15) is 41.9 Å². The third-order valence-corrected chi connectivity index (χ3v) is 18.0. The number of benzene rings is 2. The molecule has 65 heavy (non-hydrogen) atoms. The number of ether oxygens (including phenoxy) is 4. The van der Waals surface area contributed by atoms with Crippen molar-refractivity contribution in [2.24, 2.45) is 4.99 Å². The Kier molecular flexibility index (Phi) is 12.9. The van der Waals surface area contributed by atoms with Crippen molar-refractivity contribution in [2.75, 3.05) is 13.2 Å². The Hall–Kier alpha value is -5.91. The van der Waals surface area contributed by atoms with Crippen LogP contribution in [0, 0.1) is 22.7 Å². The molecule has 1 aliphatic carbocycles. The van der Waals surface area contributed by atoms with Crippen LogP contribution in [0.1, 0.15) is 71.9 Å². The molecule has 0 aliphatic heterocycles. The van der Waals surface area contributed by atoms with Crippen LogP contribution in [-0.4, -0.2) is 30.9 Å². The molecule has 0 N–H and O–H groups in total. The number of nitriles is 2. The zero-order chi connectivity index (χ0) is 45.2. The first kappa shape index (κ1) is 44.3. The van der Waals surface area contributed by atoms with Gasteiger partial charge in [-0.3, -0.25) is 9.59 Å². The Labute approximate surface area is 399 Å². The quantitative estimate of drug-likeness (QED) is 0.0531. The van der Waals surface area contributed by atoms with E-state index in [2.05, 4.69) is 17.1 Å². The number of carbonyl (C=O) groups is 2. The highest BCUT2D eigenvalue weighted by Crippen LogP contribution is 2.61. The molecule has 9 nitrogen and oxygen atoms in total. The Morgan fingerprint density at radius 3 is 1.89 bits per heavy atom. The van der Waals surface area contributed by atoms with Crippen molar-refractivity contribution in [3.05, 3.63) is 116 Å². The fourth-order valence-corrected chi connectivity index (χ4v) is 15.8. The minimum Gasteiger partial charge on any atom is -0.492 e. The number of rotatable bonds is 16. The summed E-state index contributed by atoms with van der Waals surface area (Å²) in [5, 5.41) is 19.3. The second-order valence-corrected chi connectivity index (χ2v) is 21.6. The normalized spacial score (nSPS) is 12.7. The number of aliphatic imine (C=N–C) groups is 1. The van der Waals surface area contributed by atoms with Crippen LogP contribution in [0.3, 0.4) is 0 Å². The summed E-state index contributed by atoms with van der Waals surface area (Å²) in [4.78, 5) is 39.5. The predicted molar refractivity (Wildman–Crippen MR) is 269 cm³/mol. The summed E-state index contributed by atoms with van der Waals surface area (Å²) in [5.74, 6) is -0.181. The maximum atomic E-state index is 15.5. The van der Waals surface area contributed by atoms with Gasteiger partial charge >= 0.3 is 11.9 Å². The van der Waals surface area contributed by atoms with Gasteiger partial charge in [0.15, 0.2) is 0 Å². The minimum atomic E-state index is -1.99. The van der Waals surface area contributed by atoms with Crippen molar-refractivity contribution in [1.29, 1.82) is 10.5 Å². The second kappa shape index (κ2) is 18.9. The van der Waals surface area contributed by atoms with Gasteiger partial charge in [0.25, 0.3) is 0 Å². The summed E-state index contributed by atoms with van der Waals surface area (Å²) in [7, 11) is 0. The molecule has 326 valence electrons. The summed E-state index contributed by atoms with van der Waals surface area (Å²) in [6.07, 6.45) is 5.63. The molecule has 8 aromatic rings. The number of thiophene rings is 6. The van der Waals surface area contributed by atoms with Gasteiger partial charge in [0.05, 0.1) is 51.3 Å². The van der Waals surface area contributed by atoms with Gasteiger partial charge in [-0.1, -0.05) is 80.1 Å². The van der Waals surface area contributed by atoms with Crippen molar-refractivity contribution >= 4 is 137 Å². The standard InChI is InChI=1S/C50H39N3O6S6/c1-5-17-56-34-20-32(19-28(3)4)60-41(34)33-21-36-40(50(33,48(54)58-26-29-13-9-7-10-14-29)49(55)59-27-30-15-11-8-12-16-30)44-46(61-36)47-45(65-44)43-38(63-47)23-37(62-43)42-35(57-18-6-2)22-39(64-42)53-31(24-51)25-52/h7-16,19-23H,5-6,17-18,26-27H2,1-4H3. The van der Waals surface area contributed by atoms with E-state index in [4.69, 9.17) is 18.9 Å². The first-order chi connectivity index (χ1) is 31.7. The van der Waals surface area contributed by atoms with E-state index in [0.717, 1.165) is 77.2 Å². The van der Waals surface area contributed by atoms with Crippen molar-refractivity contribution in [1.82, 2.24) is 0 Å². The van der Waals surface area contributed by atoms with Gasteiger partial charge < -0.3 is 18.9 Å². The zero-order valence-corrected chi connectivity index (χ0v) is 40.5. The largest absolute Gasteiger partial charge is 0.492 e. The lowest BCUT2D eigenvalue weighted by atomic mass is 9.77. The number of allylic oxidation sites excluding steroid dienone is 1. The molecule has 0 saturated carbocycles. The Balaban J connectivity index is 1.23. The highest BCUT2D eigenvalue weighted by molar-refractivity contribution is 7.45. The number of fused-ring (bicyclic) bond motifs is 7. The maximum absolute atomic E-state index is 15.5. The summed E-state index contributed by atoms with van der Waals surface area (Å²) in [6.45, 7) is 9.02. The molecule has 0 fully saturated rings. The first-order valence-corrected chi connectivity index (χ1v) is 25.7. The number of hydrogen-bond acceptors (Lipinski definition) is 15. The van der Waals surface area contributed by atoms with Crippen LogP contribution in [0.15, 0.2) is 89.4 Å². The van der Waals surface area contributed by atoms with Crippen molar-refractivity contribution in [3.8, 4) is 33.4 Å². The Bertz CT molecular complexity index is 3210. The lowest BCUT2D eigenvalue weighted by Crippen LogP contribution is -2.45. The second-order valence-electron chi connectivity index (χ2n) is 15.3. The third-order valence-electron chi connectivity index (χ3n) is 10.4. The average Bonchev–Trinajstić information content (AvgIpc) is 4.18. The first-order valence-electron chi connectivity index (χ1n) is 20.8. The van der Waals surface area contributed by atoms with Gasteiger partial charge in [-0.25, -0.2) is 4.99 Å². The monoisotopic (exact) mass is 969 g/mol. The third kappa shape index (κ3) is 8.33. The van der Waals surface area contributed by atoms with Crippen LogP contribution < -0.4 is 9.47 Å². The highest BCUT2D eigenvalue weighted by Gasteiger charge is 2.60. The molecule has 0 bridgehead atoms. The van der Waals surface area contributed by atoms with Crippen LogP contribution in [0.25, 0.3) is 55.7 Å². The molecule has 0 radical (unpaired) electrons. The number of carbonyl (C=O) groups excluding carboxylic acids is 2. The van der Waals surface area contributed by atoms with Gasteiger partial charge in [-0.15, -0.1) is 68.0 Å². The number of hydrogen-bond donors (Lipinski definition) is 0. The molecule has 2 aromatic carbocycles. The van der Waals surface area contributed by atoms with E-state index in [1.165, 1.54) is 22.7 Å². The molecule has 0 unspecified atom stereocenters. The van der Waals surface area contributed by atoms with Crippen LogP contribution in [-0.2, 0) is 37.7 Å². The minimum absolute atomic E-state index is 0.0396. The average molecular weight is 970 g/mol. The molecule has 9 rings (SSSR count). The van der Waals surface area contributed by atoms with Crippen LogP contribution in [0.5, 0.6) is 11.5 Å². The van der Waals surface area contributed by atoms with Gasteiger partial charge in [-0.2, -0.15) is 10.5 Å². The van der Waals surface area contributed by atoms with Gasteiger partial charge in [0.2, 0.25) is 11.1 Å². The molecule has 0 spiro atoms. The van der Waals surface area contributed by atoms with Crippen molar-refractivity contribution < 1.29 is 28.5 Å².